The summed E-state index contributed by atoms with van der Waals surface area (Å²) in [5.74, 6) is 0. The summed E-state index contributed by atoms with van der Waals surface area (Å²) in [4.78, 5) is 0.0572. The van der Waals surface area contributed by atoms with E-state index in [0.717, 1.165) is 0 Å². The number of benzene rings is 1. The lowest BCUT2D eigenvalue weighted by Crippen LogP contribution is -2.13. The number of hydrogen-bond acceptors (Lipinski definition) is 4. The monoisotopic (exact) mass is 302 g/mol. The molecule has 96 valence electrons. The molecular formula is C11H11ClN2O2S2. The molecule has 0 fully saturated rings. The number of rotatable bonds is 3. The zero-order chi connectivity index (χ0) is 13.3. The van der Waals surface area contributed by atoms with Gasteiger partial charge in [-0.3, -0.25) is 4.72 Å². The molecule has 2 rings (SSSR count). The predicted octanol–water partition coefficient (Wildman–Crippen LogP) is 3.09. The van der Waals surface area contributed by atoms with Crippen LogP contribution in [0.1, 0.15) is 5.56 Å². The predicted molar refractivity (Wildman–Crippen MR) is 75.7 cm³/mol. The van der Waals surface area contributed by atoms with Crippen molar-refractivity contribution in [1.29, 1.82) is 0 Å². The molecule has 7 heteroatoms. The maximum atomic E-state index is 12.1. The lowest BCUT2D eigenvalue weighted by molar-refractivity contribution is 0.601. The van der Waals surface area contributed by atoms with Crippen molar-refractivity contribution >= 4 is 44.3 Å². The first kappa shape index (κ1) is 13.2. The molecule has 0 bridgehead atoms. The molecule has 4 nitrogen and oxygen atoms in total. The van der Waals surface area contributed by atoms with E-state index >= 15 is 0 Å². The molecule has 2 aromatic rings. The molecule has 3 N–H and O–H groups in total. The number of nitrogens with two attached hydrogens (primary N) is 1. The highest BCUT2D eigenvalue weighted by atomic mass is 35.5. The Bertz CT molecular complexity index is 643. The first-order chi connectivity index (χ1) is 8.40. The number of thiophene rings is 1. The van der Waals surface area contributed by atoms with Gasteiger partial charge in [-0.25, -0.2) is 8.42 Å². The third kappa shape index (κ3) is 2.60. The summed E-state index contributed by atoms with van der Waals surface area (Å²) in [5, 5.41) is 3.83. The summed E-state index contributed by atoms with van der Waals surface area (Å²) in [5.41, 5.74) is 7.27. The van der Waals surface area contributed by atoms with Gasteiger partial charge < -0.3 is 5.73 Å². The van der Waals surface area contributed by atoms with Gasteiger partial charge in [-0.15, -0.1) is 0 Å². The van der Waals surface area contributed by atoms with Gasteiger partial charge in [0.2, 0.25) is 0 Å². The van der Waals surface area contributed by atoms with Gasteiger partial charge >= 0.3 is 0 Å². The van der Waals surface area contributed by atoms with E-state index in [-0.39, 0.29) is 4.90 Å². The Morgan fingerprint density at radius 3 is 2.67 bits per heavy atom. The van der Waals surface area contributed by atoms with Gasteiger partial charge in [0.1, 0.15) is 0 Å². The second-order valence-electron chi connectivity index (χ2n) is 3.74. The summed E-state index contributed by atoms with van der Waals surface area (Å²) in [6, 6.07) is 4.47. The van der Waals surface area contributed by atoms with Crippen LogP contribution in [0.15, 0.2) is 33.9 Å². The third-order valence-corrected chi connectivity index (χ3v) is 4.88. The van der Waals surface area contributed by atoms with Crippen LogP contribution in [-0.4, -0.2) is 8.42 Å². The Morgan fingerprint density at radius 2 is 2.11 bits per heavy atom. The molecule has 1 aromatic carbocycles. The highest BCUT2D eigenvalue weighted by molar-refractivity contribution is 7.92. The first-order valence-corrected chi connectivity index (χ1v) is 7.81. The van der Waals surface area contributed by atoms with Crippen molar-refractivity contribution in [1.82, 2.24) is 0 Å². The molecule has 0 unspecified atom stereocenters. The largest absolute Gasteiger partial charge is 0.398 e. The van der Waals surface area contributed by atoms with Crippen molar-refractivity contribution < 1.29 is 8.42 Å². The Hall–Kier alpha value is -1.24. The van der Waals surface area contributed by atoms with E-state index in [1.807, 2.05) is 0 Å². The van der Waals surface area contributed by atoms with Crippen LogP contribution in [0.25, 0.3) is 0 Å². The third-order valence-electron chi connectivity index (χ3n) is 2.44. The molecule has 18 heavy (non-hydrogen) atoms. The Balaban J connectivity index is 2.42. The highest BCUT2D eigenvalue weighted by Gasteiger charge is 2.17. The smallest absolute Gasteiger partial charge is 0.262 e. The fraction of sp³-hybridized carbons (Fsp3) is 0.0909. The summed E-state index contributed by atoms with van der Waals surface area (Å²) in [7, 11) is -3.65. The van der Waals surface area contributed by atoms with E-state index in [4.69, 9.17) is 17.3 Å². The molecule has 0 saturated heterocycles. The number of hydrogen-bond donors (Lipinski definition) is 2. The zero-order valence-corrected chi connectivity index (χ0v) is 11.9. The second kappa shape index (κ2) is 4.79. The maximum Gasteiger partial charge on any atom is 0.262 e. The molecule has 0 amide bonds. The Labute approximate surface area is 114 Å². The minimum atomic E-state index is -3.65. The number of nitrogens with one attached hydrogen (secondary N) is 1. The lowest BCUT2D eigenvalue weighted by atomic mass is 10.2. The van der Waals surface area contributed by atoms with E-state index in [0.29, 0.717) is 22.0 Å². The lowest BCUT2D eigenvalue weighted by Gasteiger charge is -2.09. The summed E-state index contributed by atoms with van der Waals surface area (Å²) < 4.78 is 26.6. The highest BCUT2D eigenvalue weighted by Crippen LogP contribution is 2.27. The standard InChI is InChI=1S/C11H11ClN2O2S2/c1-7-10(12)4-9(5-11(7)13)18(15,16)14-8-2-3-17-6-8/h2-6,14H,13H2,1H3. The fourth-order valence-electron chi connectivity index (χ4n) is 1.37. The first-order valence-electron chi connectivity index (χ1n) is 5.01. The summed E-state index contributed by atoms with van der Waals surface area (Å²) in [6.45, 7) is 1.74. The van der Waals surface area contributed by atoms with Crippen LogP contribution < -0.4 is 10.5 Å². The van der Waals surface area contributed by atoms with Gasteiger partial charge in [0.15, 0.2) is 0 Å². The number of anilines is 2. The zero-order valence-electron chi connectivity index (χ0n) is 9.48. The Kier molecular flexibility index (Phi) is 3.52. The van der Waals surface area contributed by atoms with E-state index in [1.165, 1.54) is 23.5 Å². The van der Waals surface area contributed by atoms with Crippen LogP contribution in [0.2, 0.25) is 5.02 Å². The van der Waals surface area contributed by atoms with Gasteiger partial charge in [-0.05, 0) is 36.1 Å². The molecule has 0 radical (unpaired) electrons. The van der Waals surface area contributed by atoms with Crippen LogP contribution >= 0.6 is 22.9 Å². The van der Waals surface area contributed by atoms with Gasteiger partial charge in [0.25, 0.3) is 10.0 Å². The van der Waals surface area contributed by atoms with Crippen molar-refractivity contribution in [3.8, 4) is 0 Å². The molecule has 0 aliphatic rings. The molecule has 0 atom stereocenters. The van der Waals surface area contributed by atoms with Crippen LogP contribution in [0.3, 0.4) is 0 Å². The van der Waals surface area contributed by atoms with E-state index in [2.05, 4.69) is 4.72 Å². The normalized spacial score (nSPS) is 11.4. The van der Waals surface area contributed by atoms with Crippen LogP contribution in [0.4, 0.5) is 11.4 Å². The SMILES string of the molecule is Cc1c(N)cc(S(=O)(=O)Nc2ccsc2)cc1Cl. The second-order valence-corrected chi connectivity index (χ2v) is 6.61. The van der Waals surface area contributed by atoms with Crippen molar-refractivity contribution in [3.05, 3.63) is 39.5 Å². The molecular weight excluding hydrogens is 292 g/mol. The van der Waals surface area contributed by atoms with E-state index in [9.17, 15) is 8.42 Å². The minimum absolute atomic E-state index is 0.0572. The molecule has 1 aromatic heterocycles. The maximum absolute atomic E-state index is 12.1. The van der Waals surface area contributed by atoms with Gasteiger partial charge in [-0.1, -0.05) is 11.6 Å². The van der Waals surface area contributed by atoms with Crippen molar-refractivity contribution in [2.24, 2.45) is 0 Å². The minimum Gasteiger partial charge on any atom is -0.398 e. The van der Waals surface area contributed by atoms with Gasteiger partial charge in [-0.2, -0.15) is 11.3 Å². The molecule has 0 aliphatic carbocycles. The van der Waals surface area contributed by atoms with Gasteiger partial charge in [0.05, 0.1) is 10.6 Å². The number of nitrogen functional groups attached to an aromatic ring is 1. The topological polar surface area (TPSA) is 72.2 Å². The summed E-state index contributed by atoms with van der Waals surface area (Å²) >= 11 is 7.34. The average molecular weight is 303 g/mol. The fourth-order valence-corrected chi connectivity index (χ4v) is 3.43. The van der Waals surface area contributed by atoms with E-state index in [1.54, 1.807) is 23.8 Å². The van der Waals surface area contributed by atoms with Crippen molar-refractivity contribution in [2.45, 2.75) is 11.8 Å². The molecule has 0 aliphatic heterocycles. The quantitative estimate of drug-likeness (QED) is 0.856. The van der Waals surface area contributed by atoms with Crippen molar-refractivity contribution in [2.75, 3.05) is 10.5 Å². The number of halogens is 1. The van der Waals surface area contributed by atoms with Crippen LogP contribution in [0.5, 0.6) is 0 Å². The van der Waals surface area contributed by atoms with Crippen LogP contribution in [-0.2, 0) is 10.0 Å². The summed E-state index contributed by atoms with van der Waals surface area (Å²) in [6.07, 6.45) is 0. The number of sulfonamides is 1. The molecule has 0 saturated carbocycles. The molecule has 0 spiro atoms. The Morgan fingerprint density at radius 1 is 1.39 bits per heavy atom. The molecule has 1 heterocycles. The van der Waals surface area contributed by atoms with E-state index < -0.39 is 10.0 Å². The van der Waals surface area contributed by atoms with Crippen LogP contribution in [0, 0.1) is 6.92 Å². The van der Waals surface area contributed by atoms with Crippen molar-refractivity contribution in [3.63, 3.8) is 0 Å². The van der Waals surface area contributed by atoms with Gasteiger partial charge in [0, 0.05) is 16.1 Å². The average Bonchev–Trinajstić information content (AvgIpc) is 2.77.